The lowest BCUT2D eigenvalue weighted by molar-refractivity contribution is 0.0997. The number of amides is 1. The average Bonchev–Trinajstić information content (AvgIpc) is 3.16. The number of aryl methyl sites for hydroxylation is 1. The van der Waals surface area contributed by atoms with Gasteiger partial charge in [0.05, 0.1) is 28.3 Å². The van der Waals surface area contributed by atoms with Crippen molar-refractivity contribution in [3.63, 3.8) is 0 Å². The van der Waals surface area contributed by atoms with Crippen LogP contribution in [0, 0.1) is 11.6 Å². The van der Waals surface area contributed by atoms with Gasteiger partial charge >= 0.3 is 0 Å². The molecule has 0 aliphatic carbocycles. The first kappa shape index (κ1) is 26.1. The van der Waals surface area contributed by atoms with E-state index in [0.29, 0.717) is 11.2 Å². The van der Waals surface area contributed by atoms with Crippen LogP contribution in [0.25, 0.3) is 10.2 Å². The van der Waals surface area contributed by atoms with Crippen molar-refractivity contribution in [2.45, 2.75) is 18.4 Å². The van der Waals surface area contributed by atoms with E-state index in [9.17, 15) is 22.0 Å². The summed E-state index contributed by atoms with van der Waals surface area (Å²) in [7, 11) is -0.870. The van der Waals surface area contributed by atoms with E-state index in [2.05, 4.69) is 4.99 Å². The molecule has 0 N–H and O–H groups in total. The third kappa shape index (κ3) is 5.58. The lowest BCUT2D eigenvalue weighted by atomic mass is 10.2. The number of aromatic nitrogens is 1. The molecule has 3 aromatic rings. The van der Waals surface area contributed by atoms with E-state index in [4.69, 9.17) is 9.47 Å². The Bertz CT molecular complexity index is 1330. The van der Waals surface area contributed by atoms with Gasteiger partial charge in [-0.25, -0.2) is 17.2 Å². The van der Waals surface area contributed by atoms with Gasteiger partial charge < -0.3 is 14.0 Å². The van der Waals surface area contributed by atoms with Crippen molar-refractivity contribution in [3.8, 4) is 0 Å². The number of rotatable bonds is 10. The van der Waals surface area contributed by atoms with Crippen molar-refractivity contribution in [3.05, 3.63) is 58.4 Å². The standard InChI is InChI=1S/C22H25F2N3O5S2/c1-4-27-20-18(24)13-16(23)14-19(20)33-22(27)25-21(28)15-5-7-17(8-6-15)34(29,30)26(9-11-31-2)10-12-32-3/h5-8,13-14H,4,9-12H2,1-3H3. The minimum atomic E-state index is -3.83. The van der Waals surface area contributed by atoms with Crippen molar-refractivity contribution >= 4 is 37.5 Å². The van der Waals surface area contributed by atoms with E-state index in [0.717, 1.165) is 17.4 Å². The minimum absolute atomic E-state index is 0.0132. The summed E-state index contributed by atoms with van der Waals surface area (Å²) < 4.78 is 66.9. The van der Waals surface area contributed by atoms with Crippen LogP contribution in [0.5, 0.6) is 0 Å². The first-order valence-electron chi connectivity index (χ1n) is 10.4. The van der Waals surface area contributed by atoms with Gasteiger partial charge in [-0.3, -0.25) is 4.79 Å². The molecule has 2 aromatic carbocycles. The second-order valence-electron chi connectivity index (χ2n) is 7.19. The van der Waals surface area contributed by atoms with Crippen LogP contribution in [0.2, 0.25) is 0 Å². The number of thiazole rings is 1. The summed E-state index contributed by atoms with van der Waals surface area (Å²) in [6.07, 6.45) is 0. The summed E-state index contributed by atoms with van der Waals surface area (Å²) in [4.78, 5) is 17.1. The molecule has 34 heavy (non-hydrogen) atoms. The molecule has 0 unspecified atom stereocenters. The Morgan fingerprint density at radius 2 is 1.71 bits per heavy atom. The van der Waals surface area contributed by atoms with Crippen LogP contribution in [-0.4, -0.2) is 63.7 Å². The van der Waals surface area contributed by atoms with Gasteiger partial charge in [-0.05, 0) is 37.3 Å². The molecule has 1 heterocycles. The number of hydrogen-bond acceptors (Lipinski definition) is 6. The Kier molecular flexibility index (Phi) is 8.66. The number of halogens is 2. The molecule has 0 atom stereocenters. The Balaban J connectivity index is 1.92. The molecule has 3 rings (SSSR count). The number of sulfonamides is 1. The number of nitrogens with zero attached hydrogens (tertiary/aromatic N) is 3. The Labute approximate surface area is 200 Å². The molecule has 0 spiro atoms. The molecule has 0 aliphatic rings. The maximum Gasteiger partial charge on any atom is 0.279 e. The van der Waals surface area contributed by atoms with Gasteiger partial charge in [0.2, 0.25) is 10.0 Å². The van der Waals surface area contributed by atoms with Gasteiger partial charge in [-0.1, -0.05) is 11.3 Å². The number of hydrogen-bond donors (Lipinski definition) is 0. The van der Waals surface area contributed by atoms with Crippen LogP contribution < -0.4 is 4.80 Å². The van der Waals surface area contributed by atoms with Gasteiger partial charge in [0.25, 0.3) is 5.91 Å². The van der Waals surface area contributed by atoms with E-state index in [1.165, 1.54) is 53.4 Å². The fourth-order valence-corrected chi connectivity index (χ4v) is 5.86. The molecule has 1 amide bonds. The van der Waals surface area contributed by atoms with E-state index in [1.54, 1.807) is 6.92 Å². The third-order valence-electron chi connectivity index (χ3n) is 5.04. The highest BCUT2D eigenvalue weighted by Crippen LogP contribution is 2.22. The Morgan fingerprint density at radius 1 is 1.09 bits per heavy atom. The molecule has 0 fully saturated rings. The molecule has 0 aliphatic heterocycles. The average molecular weight is 514 g/mol. The Hall–Kier alpha value is -2.51. The van der Waals surface area contributed by atoms with Crippen molar-refractivity contribution in [1.82, 2.24) is 8.87 Å². The summed E-state index contributed by atoms with van der Waals surface area (Å²) in [6.45, 7) is 2.82. The summed E-state index contributed by atoms with van der Waals surface area (Å²) in [5.41, 5.74) is 0.333. The largest absolute Gasteiger partial charge is 0.383 e. The number of methoxy groups -OCH3 is 2. The topological polar surface area (TPSA) is 90.2 Å². The summed E-state index contributed by atoms with van der Waals surface area (Å²) in [5.74, 6) is -2.08. The zero-order chi connectivity index (χ0) is 24.9. The number of carbonyl (C=O) groups excluding carboxylic acids is 1. The zero-order valence-corrected chi connectivity index (χ0v) is 20.6. The van der Waals surface area contributed by atoms with Crippen LogP contribution >= 0.6 is 11.3 Å². The van der Waals surface area contributed by atoms with Gasteiger partial charge in [-0.15, -0.1) is 0 Å². The van der Waals surface area contributed by atoms with E-state index < -0.39 is 27.6 Å². The maximum atomic E-state index is 14.3. The summed E-state index contributed by atoms with van der Waals surface area (Å²) in [6, 6.07) is 7.38. The first-order valence-corrected chi connectivity index (χ1v) is 12.6. The SMILES string of the molecule is CCn1c(=NC(=O)c2ccc(S(=O)(=O)N(CCOC)CCOC)cc2)sc2cc(F)cc(F)c21. The lowest BCUT2D eigenvalue weighted by Crippen LogP contribution is -2.36. The van der Waals surface area contributed by atoms with E-state index in [-0.39, 0.29) is 47.1 Å². The summed E-state index contributed by atoms with van der Waals surface area (Å²) >= 11 is 0.996. The third-order valence-corrected chi connectivity index (χ3v) is 7.98. The molecule has 0 saturated carbocycles. The van der Waals surface area contributed by atoms with Gasteiger partial charge in [0.15, 0.2) is 10.6 Å². The fraction of sp³-hybridized carbons (Fsp3) is 0.364. The molecular formula is C22H25F2N3O5S2. The minimum Gasteiger partial charge on any atom is -0.383 e. The zero-order valence-electron chi connectivity index (χ0n) is 19.0. The molecule has 184 valence electrons. The molecule has 0 saturated heterocycles. The van der Waals surface area contributed by atoms with Crippen molar-refractivity contribution < 1.29 is 31.5 Å². The normalized spacial score (nSPS) is 12.7. The highest BCUT2D eigenvalue weighted by molar-refractivity contribution is 7.89. The number of benzene rings is 2. The fourth-order valence-electron chi connectivity index (χ4n) is 3.32. The van der Waals surface area contributed by atoms with Crippen LogP contribution in [0.15, 0.2) is 46.3 Å². The monoisotopic (exact) mass is 513 g/mol. The van der Waals surface area contributed by atoms with E-state index >= 15 is 0 Å². The van der Waals surface area contributed by atoms with Gasteiger partial charge in [0, 0.05) is 45.5 Å². The molecule has 0 bridgehead atoms. The predicted molar refractivity (Wildman–Crippen MR) is 124 cm³/mol. The molecule has 1 aromatic heterocycles. The highest BCUT2D eigenvalue weighted by Gasteiger charge is 2.24. The van der Waals surface area contributed by atoms with Crippen molar-refractivity contribution in [2.75, 3.05) is 40.5 Å². The predicted octanol–water partition coefficient (Wildman–Crippen LogP) is 3.03. The van der Waals surface area contributed by atoms with Crippen LogP contribution in [-0.2, 0) is 26.0 Å². The van der Waals surface area contributed by atoms with Crippen LogP contribution in [0.3, 0.4) is 0 Å². The molecule has 12 heteroatoms. The summed E-state index contributed by atoms with van der Waals surface area (Å²) in [5, 5.41) is 0. The molecule has 8 nitrogen and oxygen atoms in total. The quantitative estimate of drug-likeness (QED) is 0.416. The number of fused-ring (bicyclic) bond motifs is 1. The van der Waals surface area contributed by atoms with Crippen LogP contribution in [0.4, 0.5) is 8.78 Å². The van der Waals surface area contributed by atoms with Gasteiger partial charge in [-0.2, -0.15) is 9.30 Å². The van der Waals surface area contributed by atoms with Crippen LogP contribution in [0.1, 0.15) is 17.3 Å². The highest BCUT2D eigenvalue weighted by atomic mass is 32.2. The number of ether oxygens (including phenoxy) is 2. The first-order chi connectivity index (χ1) is 16.2. The van der Waals surface area contributed by atoms with Crippen molar-refractivity contribution in [1.29, 1.82) is 0 Å². The van der Waals surface area contributed by atoms with Crippen molar-refractivity contribution in [2.24, 2.45) is 4.99 Å². The molecular weight excluding hydrogens is 488 g/mol. The molecule has 0 radical (unpaired) electrons. The number of carbonyl (C=O) groups is 1. The Morgan fingerprint density at radius 3 is 2.26 bits per heavy atom. The van der Waals surface area contributed by atoms with E-state index in [1.807, 2.05) is 0 Å². The maximum absolute atomic E-state index is 14.3. The smallest absolute Gasteiger partial charge is 0.279 e. The lowest BCUT2D eigenvalue weighted by Gasteiger charge is -2.21. The van der Waals surface area contributed by atoms with Gasteiger partial charge in [0.1, 0.15) is 5.82 Å². The second kappa shape index (κ2) is 11.3. The second-order valence-corrected chi connectivity index (χ2v) is 10.1.